The minimum absolute atomic E-state index is 0. The Kier molecular flexibility index (Phi) is 41.4. The quantitative estimate of drug-likeness (QED) is 0.0380. The van der Waals surface area contributed by atoms with Crippen LogP contribution in [0.25, 0.3) is 0 Å². The molecular weight excluding hydrogens is 730 g/mol. The predicted molar refractivity (Wildman–Crippen MR) is 194 cm³/mol. The molecule has 0 rings (SSSR count). The van der Waals surface area contributed by atoms with E-state index in [-0.39, 0.29) is 48.9 Å². The van der Waals surface area contributed by atoms with E-state index in [1.807, 2.05) is 0 Å². The van der Waals surface area contributed by atoms with Gasteiger partial charge in [0.2, 0.25) is 0 Å². The van der Waals surface area contributed by atoms with Crippen molar-refractivity contribution < 1.29 is 25.9 Å². The van der Waals surface area contributed by atoms with Gasteiger partial charge < -0.3 is 9.11 Å². The molecule has 2 unspecified atom stereocenters. The zero-order valence-electron chi connectivity index (χ0n) is 30.3. The van der Waals surface area contributed by atoms with Gasteiger partial charge >= 0.3 is 48.9 Å². The van der Waals surface area contributed by atoms with E-state index < -0.39 is 30.7 Å². The van der Waals surface area contributed by atoms with Crippen molar-refractivity contribution in [1.29, 1.82) is 0 Å². The molecule has 268 valence electrons. The zero-order valence-corrected chi connectivity index (χ0v) is 36.4. The van der Waals surface area contributed by atoms with Gasteiger partial charge in [-0.2, -0.15) is 0 Å². The Morgan fingerprint density at radius 1 is 0.333 bits per heavy atom. The third-order valence-corrected chi connectivity index (χ3v) is 11.4. The van der Waals surface area contributed by atoms with Crippen molar-refractivity contribution in [2.45, 2.75) is 231 Å². The standard InChI is InChI=1S/2C18H38O3S.Ba/c2*1-3-5-7-8-9-10-11-12-13-15-17-18(22(19,20)21)16-14-6-4-2;/h2*18H,3-17H2,1-2H3,(H,19,20,21);/q;;+2/p-2. The summed E-state index contributed by atoms with van der Waals surface area (Å²) in [5, 5.41) is -1.29. The molecule has 45 heavy (non-hydrogen) atoms. The second-order valence-corrected chi connectivity index (χ2v) is 16.5. The fourth-order valence-electron chi connectivity index (χ4n) is 5.83. The Bertz CT molecular complexity index is 723. The maximum absolute atomic E-state index is 11.3. The summed E-state index contributed by atoms with van der Waals surface area (Å²) in [5.74, 6) is 0. The number of hydrogen-bond donors (Lipinski definition) is 0. The molecule has 2 atom stereocenters. The van der Waals surface area contributed by atoms with Gasteiger partial charge in [0.05, 0.1) is 20.2 Å². The van der Waals surface area contributed by atoms with Crippen molar-refractivity contribution >= 4 is 69.1 Å². The van der Waals surface area contributed by atoms with Crippen molar-refractivity contribution in [3.8, 4) is 0 Å². The molecule has 0 aromatic heterocycles. The van der Waals surface area contributed by atoms with Crippen LogP contribution in [-0.4, -0.2) is 85.3 Å². The summed E-state index contributed by atoms with van der Waals surface area (Å²) < 4.78 is 67.6. The molecule has 0 spiro atoms. The summed E-state index contributed by atoms with van der Waals surface area (Å²) >= 11 is 0. The molecule has 0 aliphatic rings. The fraction of sp³-hybridized carbons (Fsp3) is 1.00. The van der Waals surface area contributed by atoms with Gasteiger partial charge in [0, 0.05) is 10.5 Å². The molecule has 0 aromatic rings. The molecule has 0 fully saturated rings. The summed E-state index contributed by atoms with van der Waals surface area (Å²) in [6, 6.07) is 0. The van der Waals surface area contributed by atoms with Crippen LogP contribution >= 0.6 is 0 Å². The van der Waals surface area contributed by atoms with Gasteiger partial charge in [0.15, 0.2) is 0 Å². The monoisotopic (exact) mass is 804 g/mol. The average molecular weight is 804 g/mol. The molecule has 0 amide bonds. The van der Waals surface area contributed by atoms with Crippen LogP contribution in [0.4, 0.5) is 0 Å². The molecule has 0 bridgehead atoms. The Hall–Kier alpha value is 1.39. The third-order valence-electron chi connectivity index (χ3n) is 8.84. The van der Waals surface area contributed by atoms with Gasteiger partial charge in [-0.15, -0.1) is 0 Å². The van der Waals surface area contributed by atoms with Crippen LogP contribution in [0.15, 0.2) is 0 Å². The van der Waals surface area contributed by atoms with Gasteiger partial charge in [-0.3, -0.25) is 0 Å². The Morgan fingerprint density at radius 3 is 0.689 bits per heavy atom. The molecule has 0 aliphatic carbocycles. The van der Waals surface area contributed by atoms with Crippen molar-refractivity contribution in [2.75, 3.05) is 0 Å². The van der Waals surface area contributed by atoms with Gasteiger partial charge in [0.25, 0.3) is 0 Å². The average Bonchev–Trinajstić information content (AvgIpc) is 2.96. The Morgan fingerprint density at radius 2 is 0.489 bits per heavy atom. The van der Waals surface area contributed by atoms with Crippen molar-refractivity contribution in [3.63, 3.8) is 0 Å². The van der Waals surface area contributed by atoms with Crippen molar-refractivity contribution in [1.82, 2.24) is 0 Å². The van der Waals surface area contributed by atoms with Gasteiger partial charge in [-0.25, -0.2) is 16.8 Å². The zero-order chi connectivity index (χ0) is 33.4. The summed E-state index contributed by atoms with van der Waals surface area (Å²) in [6.45, 7) is 8.64. The minimum atomic E-state index is -4.11. The number of hydrogen-bond acceptors (Lipinski definition) is 6. The maximum atomic E-state index is 11.3. The predicted octanol–water partition coefficient (Wildman–Crippen LogP) is 11.2. The van der Waals surface area contributed by atoms with Gasteiger partial charge in [-0.1, -0.05) is 195 Å². The topological polar surface area (TPSA) is 114 Å². The first-order chi connectivity index (χ1) is 21.0. The molecule has 0 radical (unpaired) electrons. The second kappa shape index (κ2) is 36.7. The Balaban J connectivity index is -0.000000767. The Labute approximate surface area is 322 Å². The molecule has 0 saturated carbocycles. The summed E-state index contributed by atoms with van der Waals surface area (Å²) in [5.41, 5.74) is 0. The first-order valence-corrected chi connectivity index (χ1v) is 21.9. The van der Waals surface area contributed by atoms with Gasteiger partial charge in [-0.05, 0) is 25.7 Å². The van der Waals surface area contributed by atoms with Crippen LogP contribution in [0.1, 0.15) is 220 Å². The van der Waals surface area contributed by atoms with E-state index >= 15 is 0 Å². The smallest absolute Gasteiger partial charge is 0.748 e. The van der Waals surface area contributed by atoms with Gasteiger partial charge in [0.1, 0.15) is 0 Å². The van der Waals surface area contributed by atoms with Crippen LogP contribution in [0.3, 0.4) is 0 Å². The van der Waals surface area contributed by atoms with Crippen LogP contribution < -0.4 is 0 Å². The normalized spacial score (nSPS) is 13.1. The molecule has 0 saturated heterocycles. The molecule has 9 heteroatoms. The molecule has 6 nitrogen and oxygen atoms in total. The van der Waals surface area contributed by atoms with Crippen molar-refractivity contribution in [2.24, 2.45) is 0 Å². The van der Waals surface area contributed by atoms with E-state index in [1.165, 1.54) is 103 Å². The SMILES string of the molecule is CCCCCCCCCCCCC(CCCCC)S(=O)(=O)[O-].CCCCCCCCCCCCC(CCCCC)S(=O)(=O)[O-].[Ba+2]. The maximum Gasteiger partial charge on any atom is 2.00 e. The van der Waals surface area contributed by atoms with E-state index in [9.17, 15) is 25.9 Å². The summed E-state index contributed by atoms with van der Waals surface area (Å²) in [6.07, 6.45) is 32.8. The molecule has 0 aliphatic heterocycles. The molecular formula is C36H74BaO6S2. The third kappa shape index (κ3) is 38.1. The second-order valence-electron chi connectivity index (χ2n) is 13.2. The molecule has 0 aromatic carbocycles. The van der Waals surface area contributed by atoms with E-state index in [2.05, 4.69) is 27.7 Å². The first-order valence-electron chi connectivity index (χ1n) is 18.9. The largest absolute Gasteiger partial charge is 2.00 e. The molecule has 0 heterocycles. The van der Waals surface area contributed by atoms with E-state index in [0.717, 1.165) is 64.2 Å². The van der Waals surface area contributed by atoms with Crippen LogP contribution in [-0.2, 0) is 20.2 Å². The first kappa shape index (κ1) is 50.8. The van der Waals surface area contributed by atoms with Crippen LogP contribution in [0, 0.1) is 0 Å². The fourth-order valence-corrected chi connectivity index (χ4v) is 7.65. The summed E-state index contributed by atoms with van der Waals surface area (Å²) in [7, 11) is -8.21. The van der Waals surface area contributed by atoms with E-state index in [1.54, 1.807) is 0 Å². The minimum Gasteiger partial charge on any atom is -0.748 e. The van der Waals surface area contributed by atoms with E-state index in [0.29, 0.717) is 25.7 Å². The van der Waals surface area contributed by atoms with E-state index in [4.69, 9.17) is 0 Å². The summed E-state index contributed by atoms with van der Waals surface area (Å²) in [4.78, 5) is 0. The van der Waals surface area contributed by atoms with Crippen molar-refractivity contribution in [3.05, 3.63) is 0 Å². The van der Waals surface area contributed by atoms with Crippen LogP contribution in [0.2, 0.25) is 0 Å². The van der Waals surface area contributed by atoms with Crippen LogP contribution in [0.5, 0.6) is 0 Å². The molecule has 0 N–H and O–H groups in total. The number of rotatable bonds is 32. The number of unbranched alkanes of at least 4 members (excludes halogenated alkanes) is 22.